The van der Waals surface area contributed by atoms with Crippen LogP contribution in [-0.2, 0) is 0 Å². The maximum absolute atomic E-state index is 13.0. The number of nitrogens with zero attached hydrogens (tertiary/aromatic N) is 11. The van der Waals surface area contributed by atoms with Gasteiger partial charge in [0.1, 0.15) is 45.2 Å². The Labute approximate surface area is 465 Å². The number of piperazine rings is 2. The number of carbonyl (C=O) groups excluding carboxylic acids is 2. The summed E-state index contributed by atoms with van der Waals surface area (Å²) in [7, 11) is 0. The number of hydrogen-bond donors (Lipinski definition) is 5. The number of halogens is 4. The molecule has 7 N–H and O–H groups in total. The fraction of sp³-hybridized carbons (Fsp3) is 0.520. The number of aromatic carboxylic acids is 1. The van der Waals surface area contributed by atoms with Crippen molar-refractivity contribution in [1.29, 1.82) is 0 Å². The smallest absolute Gasteiger partial charge is 0.545 e. The summed E-state index contributed by atoms with van der Waals surface area (Å²) >= 11 is 24.6. The van der Waals surface area contributed by atoms with E-state index < -0.39 is 5.97 Å². The Morgan fingerprint density at radius 2 is 1.11 bits per heavy atom. The Morgan fingerprint density at radius 3 is 1.51 bits per heavy atom. The molecule has 6 aliphatic rings. The second-order valence-corrected chi connectivity index (χ2v) is 20.4. The van der Waals surface area contributed by atoms with Crippen molar-refractivity contribution in [3.05, 3.63) is 91.4 Å². The van der Waals surface area contributed by atoms with Gasteiger partial charge in [-0.3, -0.25) is 24.6 Å². The van der Waals surface area contributed by atoms with Gasteiger partial charge in [0.25, 0.3) is 5.91 Å². The molecule has 0 saturated carbocycles. The first-order valence-electron chi connectivity index (χ1n) is 25.3. The van der Waals surface area contributed by atoms with Gasteiger partial charge in [-0.15, -0.1) is 0 Å². The normalized spacial score (nSPS) is 20.7. The van der Waals surface area contributed by atoms with Crippen LogP contribution in [0.1, 0.15) is 84.2 Å². The fourth-order valence-electron chi connectivity index (χ4n) is 10.5. The van der Waals surface area contributed by atoms with Gasteiger partial charge in [-0.25, -0.2) is 19.9 Å². The molecule has 0 bridgehead atoms. The van der Waals surface area contributed by atoms with Crippen molar-refractivity contribution in [3.8, 4) is 0 Å². The Bertz CT molecular complexity index is 2640. The number of aliphatic imine (C=N–C) groups is 2. The van der Waals surface area contributed by atoms with Crippen LogP contribution in [0.25, 0.3) is 0 Å². The van der Waals surface area contributed by atoms with Gasteiger partial charge in [0.15, 0.2) is 0 Å². The third-order valence-electron chi connectivity index (χ3n) is 14.4. The summed E-state index contributed by atoms with van der Waals surface area (Å²) in [5.41, 5.74) is 13.3. The summed E-state index contributed by atoms with van der Waals surface area (Å²) in [5.74, 6) is 2.16. The van der Waals surface area contributed by atoms with E-state index in [0.29, 0.717) is 47.0 Å². The molecule has 6 aliphatic heterocycles. The molecule has 0 aliphatic carbocycles. The third kappa shape index (κ3) is 14.0. The second-order valence-electron chi connectivity index (χ2n) is 18.8. The van der Waals surface area contributed by atoms with Crippen LogP contribution in [0.4, 0.5) is 23.3 Å². The van der Waals surface area contributed by atoms with Gasteiger partial charge in [-0.1, -0.05) is 60.3 Å². The van der Waals surface area contributed by atoms with Gasteiger partial charge in [0, 0.05) is 119 Å². The molecule has 0 radical (unpaired) electrons. The fourth-order valence-corrected chi connectivity index (χ4v) is 11.4. The topological polar surface area (TPSA) is 238 Å². The van der Waals surface area contributed by atoms with Gasteiger partial charge in [-0.05, 0) is 88.0 Å². The number of nitrogens with one attached hydrogen (secondary N) is 3. The summed E-state index contributed by atoms with van der Waals surface area (Å²) in [6.07, 6.45) is 10.4. The molecule has 10 rings (SSSR count). The van der Waals surface area contributed by atoms with Gasteiger partial charge in [0.2, 0.25) is 0 Å². The van der Waals surface area contributed by atoms with Crippen molar-refractivity contribution < 1.29 is 33.6 Å². The molecule has 1 amide bonds. The van der Waals surface area contributed by atoms with Crippen LogP contribution < -0.4 is 61.2 Å². The molecule has 0 spiro atoms. The zero-order valence-corrected chi connectivity index (χ0v) is 45.4. The summed E-state index contributed by atoms with van der Waals surface area (Å²) < 4.78 is 0. The number of aromatic nitrogens is 4. The van der Waals surface area contributed by atoms with E-state index in [0.717, 1.165) is 150 Å². The average Bonchev–Trinajstić information content (AvgIpc) is 4.16. The third-order valence-corrected chi connectivity index (χ3v) is 15.3. The molecule has 4 saturated heterocycles. The molecular weight excluding hydrogens is 1020 g/mol. The number of amides is 1. The summed E-state index contributed by atoms with van der Waals surface area (Å²) in [5, 5.41) is 22.1. The van der Waals surface area contributed by atoms with Crippen LogP contribution in [0, 0.1) is 0 Å². The van der Waals surface area contributed by atoms with Gasteiger partial charge in [0.05, 0.1) is 34.7 Å². The second kappa shape index (κ2) is 26.9. The molecule has 74 heavy (non-hydrogen) atoms. The molecular formula is C50H65Cl4LiN16O3. The largest absolute Gasteiger partial charge is 1.00 e. The zero-order valence-electron chi connectivity index (χ0n) is 42.4. The SMILES string of the molecule is CC[C@H]1CN(c2ncc(C3=NCCN3)cc2Cl)CCN1C1CCN(C(=O)c2ccc(Cl)nc2N)CC1.CC[C@H]1CN(c2ncc(C3=NCCN3)cc2Cl)CCN1C1CCNCC1.Nc1nc(Cl)ccc1C(=O)[O-].[Li+]. The minimum Gasteiger partial charge on any atom is -0.545 e. The van der Waals surface area contributed by atoms with E-state index in [9.17, 15) is 14.7 Å². The van der Waals surface area contributed by atoms with E-state index in [1.54, 1.807) is 12.1 Å². The number of pyridine rings is 4. The minimum absolute atomic E-state index is 0. The van der Waals surface area contributed by atoms with Crippen LogP contribution in [0.3, 0.4) is 0 Å². The number of piperidine rings is 2. The first kappa shape index (κ1) is 57.0. The number of carboxylic acids is 1. The Morgan fingerprint density at radius 1 is 0.649 bits per heavy atom. The van der Waals surface area contributed by atoms with E-state index in [4.69, 9.17) is 67.8 Å². The van der Waals surface area contributed by atoms with Crippen LogP contribution in [0.2, 0.25) is 20.4 Å². The molecule has 10 heterocycles. The molecule has 392 valence electrons. The minimum atomic E-state index is -1.35. The summed E-state index contributed by atoms with van der Waals surface area (Å²) in [6, 6.07) is 12.0. The molecule has 0 aromatic carbocycles. The molecule has 0 unspecified atom stereocenters. The Kier molecular flexibility index (Phi) is 20.7. The van der Waals surface area contributed by atoms with Gasteiger partial charge in [-0.2, -0.15) is 0 Å². The van der Waals surface area contributed by atoms with Crippen LogP contribution >= 0.6 is 46.4 Å². The molecule has 4 fully saturated rings. The van der Waals surface area contributed by atoms with Gasteiger partial charge >= 0.3 is 18.9 Å². The quantitative estimate of drug-likeness (QED) is 0.111. The van der Waals surface area contributed by atoms with Gasteiger partial charge < -0.3 is 52.0 Å². The van der Waals surface area contributed by atoms with Crippen molar-refractivity contribution >= 4 is 93.2 Å². The van der Waals surface area contributed by atoms with E-state index in [1.165, 1.54) is 25.0 Å². The van der Waals surface area contributed by atoms with Crippen molar-refractivity contribution in [2.24, 2.45) is 9.98 Å². The van der Waals surface area contributed by atoms with Crippen LogP contribution in [-0.4, -0.2) is 174 Å². The number of likely N-dealkylation sites (tertiary alicyclic amines) is 1. The number of rotatable bonds is 10. The van der Waals surface area contributed by atoms with Crippen molar-refractivity contribution in [3.63, 3.8) is 0 Å². The first-order chi connectivity index (χ1) is 35.3. The standard InChI is InChI=1S/C25H32Cl2N8O.C19H29ClN6.C6H5ClN2O2.Li/c1-2-17-15-34(24-20(26)13-16(14-31-24)23-29-7-8-30-23)11-12-35(17)18-5-9-33(10-6-18)25(36)19-3-4-21(27)32-22(19)28;1-2-15-13-25(9-10-26(15)16-3-5-21-6-4-16)19-17(20)11-14(12-24-19)18-22-7-8-23-18;7-4-2-1-3(6(10)11)5(8)9-4;/h3-4,13-14,17-18H,2,5-12,15H2,1H3,(H2,28,32)(H,29,30);11-12,15-16,21H,2-10,13H2,1H3,(H,22,23);1-2H,(H2,8,9)(H,10,11);/q;;;+1/p-1/t17-;15-;;/m00../s1. The molecule has 19 nitrogen and oxygen atoms in total. The zero-order chi connectivity index (χ0) is 51.6. The molecule has 4 aromatic heterocycles. The number of anilines is 4. The molecule has 24 heteroatoms. The summed E-state index contributed by atoms with van der Waals surface area (Å²) in [6.45, 7) is 17.4. The molecule has 4 aromatic rings. The first-order valence-corrected chi connectivity index (χ1v) is 26.8. The predicted molar refractivity (Wildman–Crippen MR) is 290 cm³/mol. The average molecular weight is 1090 g/mol. The monoisotopic (exact) mass is 1080 g/mol. The number of hydrogen-bond acceptors (Lipinski definition) is 18. The Balaban J connectivity index is 0.000000183. The number of nitrogens with two attached hydrogens (primary N) is 2. The maximum Gasteiger partial charge on any atom is 1.00 e. The predicted octanol–water partition coefficient (Wildman–Crippen LogP) is 1.34. The van der Waals surface area contributed by atoms with Crippen molar-refractivity contribution in [1.82, 2.24) is 50.6 Å². The number of nitrogen functional groups attached to an aromatic ring is 2. The van der Waals surface area contributed by atoms with E-state index >= 15 is 0 Å². The van der Waals surface area contributed by atoms with Crippen molar-refractivity contribution in [2.75, 3.05) is 113 Å². The van der Waals surface area contributed by atoms with Crippen molar-refractivity contribution in [2.45, 2.75) is 76.5 Å². The van der Waals surface area contributed by atoms with E-state index in [2.05, 4.69) is 69.4 Å². The van der Waals surface area contributed by atoms with Crippen LogP contribution in [0.5, 0.6) is 0 Å². The molecule has 2 atom stereocenters. The summed E-state index contributed by atoms with van der Waals surface area (Å²) in [4.78, 5) is 61.0. The number of amidine groups is 2. The Hall–Kier alpha value is -4.68. The van der Waals surface area contributed by atoms with E-state index in [-0.39, 0.29) is 47.1 Å². The van der Waals surface area contributed by atoms with Crippen LogP contribution in [0.15, 0.2) is 58.8 Å². The number of carbonyl (C=O) groups is 2. The maximum atomic E-state index is 13.0. The number of carboxylic acid groups (broad SMARTS) is 1. The van der Waals surface area contributed by atoms with E-state index in [1.807, 2.05) is 29.4 Å².